The lowest BCUT2D eigenvalue weighted by Crippen LogP contribution is -2.26. The summed E-state index contributed by atoms with van der Waals surface area (Å²) in [5.74, 6) is -0.482. The molecule has 122 valence electrons. The molecule has 0 aromatic rings. The fourth-order valence-electron chi connectivity index (χ4n) is 1.62. The van der Waals surface area contributed by atoms with E-state index in [4.69, 9.17) is 4.74 Å². The number of nitrogens with zero attached hydrogens (tertiary/aromatic N) is 1. The van der Waals surface area contributed by atoms with Crippen molar-refractivity contribution in [1.29, 1.82) is 0 Å². The molecule has 1 heterocycles. The second-order valence-corrected chi connectivity index (χ2v) is 6.67. The normalized spacial score (nSPS) is 22.0. The molecule has 0 aliphatic carbocycles. The summed E-state index contributed by atoms with van der Waals surface area (Å²) < 4.78 is 4.96. The van der Waals surface area contributed by atoms with Crippen LogP contribution in [0.3, 0.4) is 0 Å². The molecule has 1 rings (SSSR count). The molecule has 0 spiro atoms. The van der Waals surface area contributed by atoms with Gasteiger partial charge in [0.2, 0.25) is 11.8 Å². The highest BCUT2D eigenvalue weighted by Crippen LogP contribution is 2.23. The van der Waals surface area contributed by atoms with Crippen molar-refractivity contribution in [3.8, 4) is 0 Å². The number of halogens is 1. The van der Waals surface area contributed by atoms with E-state index < -0.39 is 0 Å². The molecule has 21 heavy (non-hydrogen) atoms. The molecular weight excluding hydrogens is 338 g/mol. The van der Waals surface area contributed by atoms with Gasteiger partial charge in [-0.05, 0) is 20.3 Å². The number of amides is 2. The van der Waals surface area contributed by atoms with Gasteiger partial charge in [-0.3, -0.25) is 19.3 Å². The fourth-order valence-corrected chi connectivity index (χ4v) is 1.78. The summed E-state index contributed by atoms with van der Waals surface area (Å²) >= 11 is 3.19. The molecular formula is C15H26BrNO4. The number of imide groups is 1. The molecule has 0 bridgehead atoms. The third-order valence-electron chi connectivity index (χ3n) is 3.94. The van der Waals surface area contributed by atoms with Crippen LogP contribution in [0.5, 0.6) is 0 Å². The van der Waals surface area contributed by atoms with Crippen LogP contribution in [0, 0.1) is 17.3 Å². The molecule has 0 radical (unpaired) electrons. The Labute approximate surface area is 135 Å². The summed E-state index contributed by atoms with van der Waals surface area (Å²) in [5, 5.41) is 0.707. The van der Waals surface area contributed by atoms with Gasteiger partial charge < -0.3 is 4.74 Å². The van der Waals surface area contributed by atoms with E-state index in [-0.39, 0.29) is 35.0 Å². The smallest absolute Gasteiger partial charge is 0.311 e. The van der Waals surface area contributed by atoms with Crippen molar-refractivity contribution in [3.63, 3.8) is 0 Å². The second-order valence-electron chi connectivity index (χ2n) is 5.88. The zero-order chi connectivity index (χ0) is 16.8. The molecule has 2 atom stereocenters. The Morgan fingerprint density at radius 1 is 1.24 bits per heavy atom. The van der Waals surface area contributed by atoms with Gasteiger partial charge in [0.1, 0.15) is 6.61 Å². The van der Waals surface area contributed by atoms with Crippen LogP contribution in [0.4, 0.5) is 0 Å². The molecule has 1 aliphatic rings. The van der Waals surface area contributed by atoms with E-state index in [0.717, 1.165) is 6.42 Å². The van der Waals surface area contributed by atoms with E-state index >= 15 is 0 Å². The Morgan fingerprint density at radius 3 is 1.90 bits per heavy atom. The first-order chi connectivity index (χ1) is 9.60. The summed E-state index contributed by atoms with van der Waals surface area (Å²) in [6.45, 7) is 9.80. The minimum absolute atomic E-state index is 0.0579. The lowest BCUT2D eigenvalue weighted by molar-refractivity contribution is -0.153. The number of likely N-dealkylation sites (tertiary alicyclic amines) is 1. The number of carbonyl (C=O) groups excluding carboxylic acids is 3. The maximum absolute atomic E-state index is 11.2. The van der Waals surface area contributed by atoms with E-state index in [2.05, 4.69) is 15.9 Å². The van der Waals surface area contributed by atoms with Crippen molar-refractivity contribution < 1.29 is 19.1 Å². The number of carbonyl (C=O) groups is 3. The Bertz CT molecular complexity index is 375. The molecule has 0 aromatic carbocycles. The van der Waals surface area contributed by atoms with Crippen LogP contribution in [-0.4, -0.2) is 41.7 Å². The number of ether oxygens (including phenoxy) is 1. The van der Waals surface area contributed by atoms with E-state index in [0.29, 0.717) is 11.9 Å². The van der Waals surface area contributed by atoms with Crippen LogP contribution in [-0.2, 0) is 19.1 Å². The third-order valence-corrected chi connectivity index (χ3v) is 4.26. The topological polar surface area (TPSA) is 63.7 Å². The van der Waals surface area contributed by atoms with Crippen molar-refractivity contribution in [2.24, 2.45) is 17.3 Å². The van der Waals surface area contributed by atoms with Crippen LogP contribution in [0.25, 0.3) is 0 Å². The lowest BCUT2D eigenvalue weighted by Gasteiger charge is -2.19. The molecule has 2 unspecified atom stereocenters. The summed E-state index contributed by atoms with van der Waals surface area (Å²) in [5.41, 5.74) is -0.331. The average Bonchev–Trinajstić information content (AvgIpc) is 2.63. The Morgan fingerprint density at radius 2 is 1.67 bits per heavy atom. The first-order valence-electron chi connectivity index (χ1n) is 7.14. The summed E-state index contributed by atoms with van der Waals surface area (Å²) in [7, 11) is 1.53. The highest BCUT2D eigenvalue weighted by atomic mass is 79.9. The van der Waals surface area contributed by atoms with Gasteiger partial charge in [0.05, 0.1) is 5.41 Å². The molecule has 2 amide bonds. The van der Waals surface area contributed by atoms with E-state index in [1.165, 1.54) is 11.9 Å². The maximum atomic E-state index is 11.2. The van der Waals surface area contributed by atoms with Gasteiger partial charge in [-0.1, -0.05) is 36.7 Å². The molecule has 0 saturated carbocycles. The lowest BCUT2D eigenvalue weighted by atomic mass is 9.91. The van der Waals surface area contributed by atoms with E-state index in [1.54, 1.807) is 13.8 Å². The summed E-state index contributed by atoms with van der Waals surface area (Å²) in [6.07, 6.45) is 0.814. The van der Waals surface area contributed by atoms with Crippen molar-refractivity contribution in [2.45, 2.75) is 41.0 Å². The molecule has 0 aromatic heterocycles. The Balaban J connectivity index is 0.000000382. The van der Waals surface area contributed by atoms with Crippen LogP contribution in [0.2, 0.25) is 0 Å². The van der Waals surface area contributed by atoms with Crippen LogP contribution >= 0.6 is 15.9 Å². The van der Waals surface area contributed by atoms with Crippen molar-refractivity contribution in [3.05, 3.63) is 0 Å². The van der Waals surface area contributed by atoms with E-state index in [1.807, 2.05) is 20.8 Å². The molecule has 1 fully saturated rings. The molecule has 0 N–H and O–H groups in total. The number of hydrogen-bond donors (Lipinski definition) is 0. The molecule has 1 saturated heterocycles. The number of hydrogen-bond acceptors (Lipinski definition) is 4. The van der Waals surface area contributed by atoms with Crippen molar-refractivity contribution in [1.82, 2.24) is 4.90 Å². The van der Waals surface area contributed by atoms with Gasteiger partial charge >= 0.3 is 5.97 Å². The van der Waals surface area contributed by atoms with Crippen LogP contribution in [0.15, 0.2) is 0 Å². The van der Waals surface area contributed by atoms with Gasteiger partial charge in [0, 0.05) is 24.2 Å². The standard InChI is InChI=1S/C8H15BrO2.C7H11NO2/c1-4-8(2,3)7(10)11-6-5-9;1-4-5(2)7(10)8(3)6(4)9/h4-6H2,1-3H3;4-5H,1-3H3. The number of esters is 1. The maximum Gasteiger partial charge on any atom is 0.311 e. The zero-order valence-corrected chi connectivity index (χ0v) is 15.3. The molecule has 1 aliphatic heterocycles. The minimum atomic E-state index is -0.331. The average molecular weight is 364 g/mol. The van der Waals surface area contributed by atoms with Gasteiger partial charge in [0.15, 0.2) is 0 Å². The SMILES string of the molecule is CC1C(=O)N(C)C(=O)C1C.CCC(C)(C)C(=O)OCCBr. The van der Waals surface area contributed by atoms with E-state index in [9.17, 15) is 14.4 Å². The van der Waals surface area contributed by atoms with Gasteiger partial charge in [0.25, 0.3) is 0 Å². The predicted octanol–water partition coefficient (Wildman–Crippen LogP) is 2.62. The first kappa shape index (κ1) is 20.1. The number of rotatable bonds is 4. The summed E-state index contributed by atoms with van der Waals surface area (Å²) in [6, 6.07) is 0. The quantitative estimate of drug-likeness (QED) is 0.437. The van der Waals surface area contributed by atoms with Crippen LogP contribution < -0.4 is 0 Å². The third kappa shape index (κ3) is 5.41. The van der Waals surface area contributed by atoms with Gasteiger partial charge in [-0.2, -0.15) is 0 Å². The van der Waals surface area contributed by atoms with Gasteiger partial charge in [-0.15, -0.1) is 0 Å². The number of alkyl halides is 1. The second kappa shape index (κ2) is 8.51. The largest absolute Gasteiger partial charge is 0.464 e. The molecule has 5 nitrogen and oxygen atoms in total. The van der Waals surface area contributed by atoms with Gasteiger partial charge in [-0.25, -0.2) is 0 Å². The van der Waals surface area contributed by atoms with Crippen molar-refractivity contribution in [2.75, 3.05) is 19.0 Å². The minimum Gasteiger partial charge on any atom is -0.464 e. The monoisotopic (exact) mass is 363 g/mol. The fraction of sp³-hybridized carbons (Fsp3) is 0.800. The summed E-state index contributed by atoms with van der Waals surface area (Å²) in [4.78, 5) is 34.5. The zero-order valence-electron chi connectivity index (χ0n) is 13.7. The van der Waals surface area contributed by atoms with Crippen molar-refractivity contribution >= 4 is 33.7 Å². The van der Waals surface area contributed by atoms with Crippen LogP contribution in [0.1, 0.15) is 41.0 Å². The Kier molecular flexibility index (Phi) is 8.14. The Hall–Kier alpha value is -0.910. The molecule has 6 heteroatoms. The highest BCUT2D eigenvalue weighted by molar-refractivity contribution is 9.09. The predicted molar refractivity (Wildman–Crippen MR) is 84.9 cm³/mol. The first-order valence-corrected chi connectivity index (χ1v) is 8.26. The highest BCUT2D eigenvalue weighted by Gasteiger charge is 2.39.